The molecule has 1 aliphatic rings. The number of fused-ring (bicyclic) bond motifs is 1. The van der Waals surface area contributed by atoms with Gasteiger partial charge < -0.3 is 19.3 Å². The zero-order chi connectivity index (χ0) is 30.1. The average molecular weight is 602 g/mol. The topological polar surface area (TPSA) is 111 Å². The van der Waals surface area contributed by atoms with Crippen LogP contribution in [0.15, 0.2) is 42.5 Å². The molecule has 0 aromatic heterocycles. The van der Waals surface area contributed by atoms with E-state index in [2.05, 4.69) is 4.72 Å². The first-order chi connectivity index (χ1) is 19.2. The maximum absolute atomic E-state index is 12.8. The molecule has 0 saturated carbocycles. The lowest BCUT2D eigenvalue weighted by molar-refractivity contribution is -0.160. The van der Waals surface area contributed by atoms with Gasteiger partial charge in [-0.25, -0.2) is 13.2 Å². The number of carboxylic acid groups (broad SMARTS) is 1. The van der Waals surface area contributed by atoms with Gasteiger partial charge in [0.2, 0.25) is 10.0 Å². The average Bonchev–Trinajstić information content (AvgIpc) is 2.88. The molecule has 10 heteroatoms. The Kier molecular flexibility index (Phi) is 8.92. The molecule has 0 amide bonds. The minimum absolute atomic E-state index is 0.0655. The van der Waals surface area contributed by atoms with Crippen molar-refractivity contribution in [3.63, 3.8) is 0 Å². The van der Waals surface area contributed by atoms with Gasteiger partial charge in [0.1, 0.15) is 18.1 Å². The van der Waals surface area contributed by atoms with Crippen molar-refractivity contribution in [2.75, 3.05) is 17.6 Å². The highest BCUT2D eigenvalue weighted by Crippen LogP contribution is 2.48. The van der Waals surface area contributed by atoms with E-state index in [4.69, 9.17) is 25.8 Å². The van der Waals surface area contributed by atoms with Crippen molar-refractivity contribution in [2.45, 2.75) is 65.8 Å². The van der Waals surface area contributed by atoms with Crippen molar-refractivity contribution < 1.29 is 32.5 Å². The maximum Gasteiger partial charge on any atom is 0.337 e. The molecule has 8 nitrogen and oxygen atoms in total. The van der Waals surface area contributed by atoms with E-state index < -0.39 is 27.7 Å². The van der Waals surface area contributed by atoms with E-state index in [0.29, 0.717) is 39.4 Å². The lowest BCUT2D eigenvalue weighted by Gasteiger charge is -2.31. The SMILES string of the molecule is Cc1c(OCc2ccccc2Cl)c(NS(C)(=O)=O)c(C)c(C(OC(C)(C)C)C(=O)O)c1-c1ccc2c(c1)CCCO2. The molecule has 3 aromatic rings. The molecule has 4 rings (SSSR count). The van der Waals surface area contributed by atoms with Crippen LogP contribution in [-0.4, -0.2) is 38.0 Å². The van der Waals surface area contributed by atoms with Gasteiger partial charge in [0.05, 0.1) is 24.2 Å². The number of carbonyl (C=O) groups is 1. The Hall–Kier alpha value is -3.27. The molecule has 220 valence electrons. The fraction of sp³-hybridized carbons (Fsp3) is 0.387. The predicted octanol–water partition coefficient (Wildman–Crippen LogP) is 6.84. The number of rotatable bonds is 9. The zero-order valence-corrected chi connectivity index (χ0v) is 25.7. The number of benzene rings is 3. The van der Waals surface area contributed by atoms with Crippen LogP contribution in [0.4, 0.5) is 5.69 Å². The standard InChI is InChI=1S/C31H36ClNO7S/c1-18-26(29(30(34)35)40-31(3,4)5)25(21-13-14-24-20(16-21)11-9-15-38-24)19(2)28(27(18)33-41(6,36)37)39-17-22-10-7-8-12-23(22)32/h7-8,10,12-14,16,29,33H,9,11,15,17H2,1-6H3,(H,34,35). The summed E-state index contributed by atoms with van der Waals surface area (Å²) < 4.78 is 45.9. The molecule has 0 radical (unpaired) electrons. The smallest absolute Gasteiger partial charge is 0.337 e. The van der Waals surface area contributed by atoms with Crippen molar-refractivity contribution in [3.8, 4) is 22.6 Å². The van der Waals surface area contributed by atoms with Gasteiger partial charge in [-0.15, -0.1) is 0 Å². The summed E-state index contributed by atoms with van der Waals surface area (Å²) in [6.45, 7) is 9.50. The lowest BCUT2D eigenvalue weighted by Crippen LogP contribution is -2.29. The van der Waals surface area contributed by atoms with Crippen LogP contribution in [0.3, 0.4) is 0 Å². The van der Waals surface area contributed by atoms with E-state index >= 15 is 0 Å². The summed E-state index contributed by atoms with van der Waals surface area (Å²) in [5, 5.41) is 10.9. The Labute approximate surface area is 246 Å². The Morgan fingerprint density at radius 1 is 1.15 bits per heavy atom. The molecule has 0 bridgehead atoms. The Bertz CT molecular complexity index is 1580. The highest BCUT2D eigenvalue weighted by atomic mass is 35.5. The number of carboxylic acids is 1. The number of nitrogens with one attached hydrogen (secondary N) is 1. The van der Waals surface area contributed by atoms with Crippen LogP contribution < -0.4 is 14.2 Å². The quantitative estimate of drug-likeness (QED) is 0.276. The summed E-state index contributed by atoms with van der Waals surface area (Å²) in [6, 6.07) is 13.0. The highest BCUT2D eigenvalue weighted by Gasteiger charge is 2.35. The minimum atomic E-state index is -3.78. The van der Waals surface area contributed by atoms with Crippen LogP contribution in [0.2, 0.25) is 5.02 Å². The second kappa shape index (κ2) is 11.9. The van der Waals surface area contributed by atoms with Crippen molar-refractivity contribution in [1.29, 1.82) is 0 Å². The molecule has 1 atom stereocenters. The first-order valence-electron chi connectivity index (χ1n) is 13.3. The van der Waals surface area contributed by atoms with Crippen molar-refractivity contribution >= 4 is 33.3 Å². The number of sulfonamides is 1. The summed E-state index contributed by atoms with van der Waals surface area (Å²) in [6.07, 6.45) is 1.34. The Balaban J connectivity index is 2.03. The van der Waals surface area contributed by atoms with Crippen molar-refractivity contribution in [3.05, 3.63) is 75.3 Å². The van der Waals surface area contributed by atoms with Crippen LogP contribution in [0.5, 0.6) is 11.5 Å². The van der Waals surface area contributed by atoms with Crippen LogP contribution in [0.1, 0.15) is 61.1 Å². The molecule has 1 heterocycles. The van der Waals surface area contributed by atoms with E-state index in [1.807, 2.05) is 36.4 Å². The third-order valence-electron chi connectivity index (χ3n) is 6.76. The molecule has 0 aliphatic carbocycles. The summed E-state index contributed by atoms with van der Waals surface area (Å²) in [5.74, 6) is -0.123. The second-order valence-electron chi connectivity index (χ2n) is 11.2. The number of aliphatic carboxylic acids is 1. The van der Waals surface area contributed by atoms with E-state index in [9.17, 15) is 18.3 Å². The molecule has 41 heavy (non-hydrogen) atoms. The Morgan fingerprint density at radius 2 is 1.85 bits per heavy atom. The summed E-state index contributed by atoms with van der Waals surface area (Å²) in [5.41, 5.74) is 3.71. The number of hydrogen-bond acceptors (Lipinski definition) is 6. The maximum atomic E-state index is 12.8. The third-order valence-corrected chi connectivity index (χ3v) is 7.71. The first-order valence-corrected chi connectivity index (χ1v) is 15.6. The molecule has 2 N–H and O–H groups in total. The molecule has 0 spiro atoms. The van der Waals surface area contributed by atoms with E-state index in [0.717, 1.165) is 36.0 Å². The largest absolute Gasteiger partial charge is 0.493 e. The van der Waals surface area contributed by atoms with Crippen LogP contribution in [0.25, 0.3) is 11.1 Å². The monoisotopic (exact) mass is 601 g/mol. The van der Waals surface area contributed by atoms with Gasteiger partial charge in [-0.2, -0.15) is 0 Å². The highest BCUT2D eigenvalue weighted by molar-refractivity contribution is 7.92. The summed E-state index contributed by atoms with van der Waals surface area (Å²) in [4.78, 5) is 12.8. The predicted molar refractivity (Wildman–Crippen MR) is 161 cm³/mol. The molecule has 0 saturated heterocycles. The second-order valence-corrected chi connectivity index (χ2v) is 13.4. The van der Waals surface area contributed by atoms with E-state index in [-0.39, 0.29) is 18.0 Å². The van der Waals surface area contributed by atoms with Crippen LogP contribution in [-0.2, 0) is 32.6 Å². The molecule has 1 unspecified atom stereocenters. The van der Waals surface area contributed by atoms with Crippen LogP contribution in [0, 0.1) is 13.8 Å². The van der Waals surface area contributed by atoms with Crippen LogP contribution >= 0.6 is 11.6 Å². The van der Waals surface area contributed by atoms with E-state index in [1.54, 1.807) is 40.7 Å². The molecular weight excluding hydrogens is 566 g/mol. The number of anilines is 1. The molecule has 1 aliphatic heterocycles. The first kappa shape index (κ1) is 30.7. The number of ether oxygens (including phenoxy) is 3. The van der Waals surface area contributed by atoms with Gasteiger partial charge in [0, 0.05) is 21.7 Å². The molecule has 3 aromatic carbocycles. The van der Waals surface area contributed by atoms with Gasteiger partial charge in [0.25, 0.3) is 0 Å². The Morgan fingerprint density at radius 3 is 2.49 bits per heavy atom. The van der Waals surface area contributed by atoms with Gasteiger partial charge in [-0.05, 0) is 87.9 Å². The van der Waals surface area contributed by atoms with Crippen molar-refractivity contribution in [1.82, 2.24) is 0 Å². The normalized spacial score (nSPS) is 14.1. The number of aryl methyl sites for hydroxylation is 1. The summed E-state index contributed by atoms with van der Waals surface area (Å²) >= 11 is 6.38. The van der Waals surface area contributed by atoms with Gasteiger partial charge >= 0.3 is 5.97 Å². The number of hydrogen-bond donors (Lipinski definition) is 2. The fourth-order valence-corrected chi connectivity index (χ4v) is 5.86. The van der Waals surface area contributed by atoms with Gasteiger partial charge in [-0.3, -0.25) is 4.72 Å². The minimum Gasteiger partial charge on any atom is -0.493 e. The van der Waals surface area contributed by atoms with Gasteiger partial charge in [0.15, 0.2) is 6.10 Å². The van der Waals surface area contributed by atoms with Gasteiger partial charge in [-0.1, -0.05) is 35.9 Å². The number of halogens is 1. The fourth-order valence-electron chi connectivity index (χ4n) is 5.05. The van der Waals surface area contributed by atoms with E-state index in [1.165, 1.54) is 0 Å². The van der Waals surface area contributed by atoms with Crippen molar-refractivity contribution in [2.24, 2.45) is 0 Å². The molecular formula is C31H36ClNO7S. The lowest BCUT2D eigenvalue weighted by atomic mass is 9.85. The third kappa shape index (κ3) is 7.15. The molecule has 0 fully saturated rings. The summed E-state index contributed by atoms with van der Waals surface area (Å²) in [7, 11) is -3.78. The zero-order valence-electron chi connectivity index (χ0n) is 24.1.